The molecule has 23 heavy (non-hydrogen) atoms. The van der Waals surface area contributed by atoms with Crippen molar-refractivity contribution in [3.63, 3.8) is 0 Å². The van der Waals surface area contributed by atoms with Gasteiger partial charge in [0, 0.05) is 37.6 Å². The number of likely N-dealkylation sites (tertiary alicyclic amines) is 1. The average molecular weight is 322 g/mol. The lowest BCUT2D eigenvalue weighted by Crippen LogP contribution is -2.47. The Kier molecular flexibility index (Phi) is 5.57. The van der Waals surface area contributed by atoms with E-state index in [9.17, 15) is 14.7 Å². The summed E-state index contributed by atoms with van der Waals surface area (Å²) >= 11 is 0. The SMILES string of the molecule is O=C(NC(CCO)C1CC1)C1CCCCC1C(=O)N1CCCC1. The van der Waals surface area contributed by atoms with Gasteiger partial charge in [0.25, 0.3) is 0 Å². The molecule has 2 amide bonds. The molecule has 3 aliphatic rings. The lowest BCUT2D eigenvalue weighted by Gasteiger charge is -2.33. The predicted molar refractivity (Wildman–Crippen MR) is 87.6 cm³/mol. The fourth-order valence-corrected chi connectivity index (χ4v) is 4.27. The van der Waals surface area contributed by atoms with E-state index in [2.05, 4.69) is 5.32 Å². The average Bonchev–Trinajstić information content (AvgIpc) is 3.28. The first-order valence-corrected chi connectivity index (χ1v) is 9.40. The van der Waals surface area contributed by atoms with E-state index in [4.69, 9.17) is 0 Å². The van der Waals surface area contributed by atoms with Gasteiger partial charge in [-0.25, -0.2) is 0 Å². The topological polar surface area (TPSA) is 69.6 Å². The van der Waals surface area contributed by atoms with Crippen LogP contribution in [0.4, 0.5) is 0 Å². The molecule has 3 unspecified atom stereocenters. The predicted octanol–water partition coefficient (Wildman–Crippen LogP) is 1.69. The van der Waals surface area contributed by atoms with Crippen LogP contribution in [0.25, 0.3) is 0 Å². The lowest BCUT2D eigenvalue weighted by atomic mass is 9.77. The van der Waals surface area contributed by atoms with E-state index in [-0.39, 0.29) is 36.3 Å². The Balaban J connectivity index is 1.62. The monoisotopic (exact) mass is 322 g/mol. The van der Waals surface area contributed by atoms with E-state index < -0.39 is 0 Å². The Labute approximate surface area is 138 Å². The smallest absolute Gasteiger partial charge is 0.226 e. The van der Waals surface area contributed by atoms with E-state index in [1.807, 2.05) is 4.90 Å². The van der Waals surface area contributed by atoms with E-state index in [0.717, 1.165) is 64.5 Å². The van der Waals surface area contributed by atoms with Gasteiger partial charge < -0.3 is 15.3 Å². The summed E-state index contributed by atoms with van der Waals surface area (Å²) < 4.78 is 0. The summed E-state index contributed by atoms with van der Waals surface area (Å²) in [6.45, 7) is 1.83. The van der Waals surface area contributed by atoms with Crippen LogP contribution in [0.2, 0.25) is 0 Å². The number of aliphatic hydroxyl groups is 1. The van der Waals surface area contributed by atoms with Crippen molar-refractivity contribution in [2.75, 3.05) is 19.7 Å². The first kappa shape index (κ1) is 16.7. The minimum atomic E-state index is -0.170. The first-order chi connectivity index (χ1) is 11.2. The van der Waals surface area contributed by atoms with Crippen molar-refractivity contribution in [1.82, 2.24) is 10.2 Å². The van der Waals surface area contributed by atoms with Crippen molar-refractivity contribution in [2.24, 2.45) is 17.8 Å². The number of carbonyl (C=O) groups excluding carboxylic acids is 2. The van der Waals surface area contributed by atoms with Gasteiger partial charge in [0.2, 0.25) is 11.8 Å². The molecular formula is C18H30N2O3. The number of aliphatic hydroxyl groups excluding tert-OH is 1. The number of carbonyl (C=O) groups is 2. The van der Waals surface area contributed by atoms with Crippen LogP contribution < -0.4 is 5.32 Å². The third-order valence-corrected chi connectivity index (χ3v) is 5.80. The molecule has 1 aliphatic heterocycles. The van der Waals surface area contributed by atoms with E-state index in [1.54, 1.807) is 0 Å². The molecule has 5 heteroatoms. The second kappa shape index (κ2) is 7.65. The molecule has 3 fully saturated rings. The Morgan fingerprint density at radius 3 is 2.26 bits per heavy atom. The highest BCUT2D eigenvalue weighted by Crippen LogP contribution is 2.36. The molecule has 0 aromatic heterocycles. The molecule has 0 bridgehead atoms. The molecule has 0 aromatic carbocycles. The number of nitrogens with zero attached hydrogens (tertiary/aromatic N) is 1. The summed E-state index contributed by atoms with van der Waals surface area (Å²) in [6, 6.07) is 0.0944. The summed E-state index contributed by atoms with van der Waals surface area (Å²) in [6.07, 6.45) is 8.87. The minimum absolute atomic E-state index is 0.0487. The molecule has 3 rings (SSSR count). The molecule has 1 saturated heterocycles. The molecule has 2 saturated carbocycles. The Morgan fingerprint density at radius 2 is 1.65 bits per heavy atom. The van der Waals surface area contributed by atoms with Gasteiger partial charge in [0.1, 0.15) is 0 Å². The number of hydrogen-bond acceptors (Lipinski definition) is 3. The van der Waals surface area contributed by atoms with Crippen molar-refractivity contribution in [1.29, 1.82) is 0 Å². The summed E-state index contributed by atoms with van der Waals surface area (Å²) in [5.74, 6) is 0.482. The third-order valence-electron chi connectivity index (χ3n) is 5.80. The van der Waals surface area contributed by atoms with E-state index >= 15 is 0 Å². The molecule has 2 N–H and O–H groups in total. The quantitative estimate of drug-likeness (QED) is 0.782. The maximum atomic E-state index is 12.8. The molecule has 0 radical (unpaired) electrons. The second-order valence-electron chi connectivity index (χ2n) is 7.49. The summed E-state index contributed by atoms with van der Waals surface area (Å²) in [5.41, 5.74) is 0. The number of hydrogen-bond donors (Lipinski definition) is 2. The highest BCUT2D eigenvalue weighted by molar-refractivity contribution is 5.88. The van der Waals surface area contributed by atoms with Crippen molar-refractivity contribution >= 4 is 11.8 Å². The van der Waals surface area contributed by atoms with Gasteiger partial charge in [-0.1, -0.05) is 12.8 Å². The van der Waals surface area contributed by atoms with Crippen LogP contribution in [-0.4, -0.2) is 47.6 Å². The van der Waals surface area contributed by atoms with E-state index in [0.29, 0.717) is 12.3 Å². The zero-order valence-corrected chi connectivity index (χ0v) is 14.0. The molecular weight excluding hydrogens is 292 g/mol. The largest absolute Gasteiger partial charge is 0.396 e. The van der Waals surface area contributed by atoms with Gasteiger partial charge in [0.15, 0.2) is 0 Å². The van der Waals surface area contributed by atoms with Gasteiger partial charge in [-0.3, -0.25) is 9.59 Å². The van der Waals surface area contributed by atoms with Crippen molar-refractivity contribution < 1.29 is 14.7 Å². The fourth-order valence-electron chi connectivity index (χ4n) is 4.27. The molecule has 5 nitrogen and oxygen atoms in total. The van der Waals surface area contributed by atoms with Crippen LogP contribution in [0.15, 0.2) is 0 Å². The van der Waals surface area contributed by atoms with Crippen LogP contribution in [0.5, 0.6) is 0 Å². The number of amides is 2. The van der Waals surface area contributed by atoms with Crippen LogP contribution in [0.1, 0.15) is 57.8 Å². The molecule has 0 aromatic rings. The highest BCUT2D eigenvalue weighted by atomic mass is 16.3. The van der Waals surface area contributed by atoms with Crippen molar-refractivity contribution in [2.45, 2.75) is 63.8 Å². The van der Waals surface area contributed by atoms with Crippen molar-refractivity contribution in [3.05, 3.63) is 0 Å². The zero-order valence-electron chi connectivity index (χ0n) is 14.0. The highest BCUT2D eigenvalue weighted by Gasteiger charge is 2.40. The normalized spacial score (nSPS) is 29.3. The van der Waals surface area contributed by atoms with E-state index in [1.165, 1.54) is 0 Å². The third kappa shape index (κ3) is 4.06. The molecule has 0 spiro atoms. The van der Waals surface area contributed by atoms with Gasteiger partial charge in [0.05, 0.1) is 0 Å². The maximum Gasteiger partial charge on any atom is 0.226 e. The zero-order chi connectivity index (χ0) is 16.2. The van der Waals surface area contributed by atoms with Gasteiger partial charge in [-0.2, -0.15) is 0 Å². The fraction of sp³-hybridized carbons (Fsp3) is 0.889. The van der Waals surface area contributed by atoms with Crippen LogP contribution in [0.3, 0.4) is 0 Å². The van der Waals surface area contributed by atoms with Crippen molar-refractivity contribution in [3.8, 4) is 0 Å². The lowest BCUT2D eigenvalue weighted by molar-refractivity contribution is -0.143. The standard InChI is InChI=1S/C18H30N2O3/c21-12-9-16(13-7-8-13)19-17(22)14-5-1-2-6-15(14)18(23)20-10-3-4-11-20/h13-16,21H,1-12H2,(H,19,22). The Bertz CT molecular complexity index is 430. The number of rotatable bonds is 6. The Hall–Kier alpha value is -1.10. The molecule has 130 valence electrons. The van der Waals surface area contributed by atoms with Crippen LogP contribution in [-0.2, 0) is 9.59 Å². The molecule has 1 heterocycles. The second-order valence-corrected chi connectivity index (χ2v) is 7.49. The van der Waals surface area contributed by atoms with Crippen LogP contribution >= 0.6 is 0 Å². The minimum Gasteiger partial charge on any atom is -0.396 e. The maximum absolute atomic E-state index is 12.8. The summed E-state index contributed by atoms with van der Waals surface area (Å²) in [5, 5.41) is 12.4. The first-order valence-electron chi connectivity index (χ1n) is 9.40. The van der Waals surface area contributed by atoms with Gasteiger partial charge in [-0.05, 0) is 50.9 Å². The number of nitrogens with one attached hydrogen (secondary N) is 1. The summed E-state index contributed by atoms with van der Waals surface area (Å²) in [7, 11) is 0. The summed E-state index contributed by atoms with van der Waals surface area (Å²) in [4.78, 5) is 27.5. The van der Waals surface area contributed by atoms with Gasteiger partial charge >= 0.3 is 0 Å². The Morgan fingerprint density at radius 1 is 1.00 bits per heavy atom. The molecule has 3 atom stereocenters. The van der Waals surface area contributed by atoms with Crippen LogP contribution in [0, 0.1) is 17.8 Å². The van der Waals surface area contributed by atoms with Gasteiger partial charge in [-0.15, -0.1) is 0 Å². The molecule has 2 aliphatic carbocycles.